The number of hydrogen-bond acceptors (Lipinski definition) is 5. The van der Waals surface area contributed by atoms with Crippen LogP contribution in [0.25, 0.3) is 10.9 Å². The lowest BCUT2D eigenvalue weighted by Gasteiger charge is -2.36. The second kappa shape index (κ2) is 8.36. The van der Waals surface area contributed by atoms with Gasteiger partial charge in [-0.05, 0) is 30.3 Å². The van der Waals surface area contributed by atoms with Crippen molar-refractivity contribution < 1.29 is 18.7 Å². The fraction of sp³-hybridized carbons (Fsp3) is 0.273. The molecule has 1 aromatic heterocycles. The predicted octanol–water partition coefficient (Wildman–Crippen LogP) is 4.01. The summed E-state index contributed by atoms with van der Waals surface area (Å²) < 4.78 is 25.7. The second-order valence-corrected chi connectivity index (χ2v) is 7.32. The van der Waals surface area contributed by atoms with E-state index in [4.69, 9.17) is 21.1 Å². The van der Waals surface area contributed by atoms with Crippen LogP contribution in [0.15, 0.2) is 42.6 Å². The van der Waals surface area contributed by atoms with Gasteiger partial charge in [-0.3, -0.25) is 9.78 Å². The molecule has 8 heteroatoms. The first kappa shape index (κ1) is 20.2. The Labute approximate surface area is 178 Å². The lowest BCUT2D eigenvalue weighted by molar-refractivity contribution is 0.0742. The van der Waals surface area contributed by atoms with Gasteiger partial charge >= 0.3 is 0 Å². The Morgan fingerprint density at radius 3 is 2.53 bits per heavy atom. The van der Waals surface area contributed by atoms with Gasteiger partial charge in [0.05, 0.1) is 30.5 Å². The zero-order chi connectivity index (χ0) is 21.3. The van der Waals surface area contributed by atoms with Crippen molar-refractivity contribution in [1.29, 1.82) is 0 Å². The number of pyridine rings is 1. The lowest BCUT2D eigenvalue weighted by atomic mass is 10.1. The van der Waals surface area contributed by atoms with Gasteiger partial charge in [0.1, 0.15) is 5.52 Å². The van der Waals surface area contributed by atoms with Gasteiger partial charge in [0.25, 0.3) is 5.91 Å². The number of amides is 1. The molecule has 4 rings (SSSR count). The molecule has 0 radical (unpaired) electrons. The summed E-state index contributed by atoms with van der Waals surface area (Å²) in [6.07, 6.45) is 1.50. The molecular weight excluding hydrogens is 409 g/mol. The van der Waals surface area contributed by atoms with E-state index in [1.807, 2.05) is 4.90 Å². The number of fused-ring (bicyclic) bond motifs is 1. The van der Waals surface area contributed by atoms with Crippen LogP contribution in [-0.2, 0) is 0 Å². The number of carbonyl (C=O) groups is 1. The highest BCUT2D eigenvalue weighted by atomic mass is 35.5. The van der Waals surface area contributed by atoms with Crippen LogP contribution in [0, 0.1) is 5.82 Å². The van der Waals surface area contributed by atoms with Crippen molar-refractivity contribution in [2.24, 2.45) is 0 Å². The summed E-state index contributed by atoms with van der Waals surface area (Å²) >= 11 is 6.14. The number of anilines is 1. The first-order valence-corrected chi connectivity index (χ1v) is 9.91. The molecule has 0 N–H and O–H groups in total. The summed E-state index contributed by atoms with van der Waals surface area (Å²) in [7, 11) is 3.04. The molecule has 1 aliphatic heterocycles. The van der Waals surface area contributed by atoms with E-state index in [0.29, 0.717) is 59.3 Å². The largest absolute Gasteiger partial charge is 0.493 e. The van der Waals surface area contributed by atoms with Gasteiger partial charge in [-0.2, -0.15) is 0 Å². The maximum Gasteiger partial charge on any atom is 0.257 e. The molecule has 0 atom stereocenters. The van der Waals surface area contributed by atoms with Gasteiger partial charge in [0.2, 0.25) is 0 Å². The number of halogens is 2. The highest BCUT2D eigenvalue weighted by Gasteiger charge is 2.27. The van der Waals surface area contributed by atoms with Gasteiger partial charge in [-0.15, -0.1) is 0 Å². The second-order valence-electron chi connectivity index (χ2n) is 6.91. The molecule has 1 amide bonds. The number of rotatable bonds is 4. The molecular formula is C22H21ClFN3O3. The van der Waals surface area contributed by atoms with E-state index in [1.54, 1.807) is 41.3 Å². The van der Waals surface area contributed by atoms with Gasteiger partial charge in [0, 0.05) is 37.8 Å². The molecule has 0 saturated carbocycles. The molecule has 0 aliphatic carbocycles. The van der Waals surface area contributed by atoms with E-state index in [2.05, 4.69) is 4.98 Å². The summed E-state index contributed by atoms with van der Waals surface area (Å²) in [6, 6.07) is 10.4. The van der Waals surface area contributed by atoms with Crippen LogP contribution in [0.2, 0.25) is 5.02 Å². The van der Waals surface area contributed by atoms with E-state index in [-0.39, 0.29) is 11.4 Å². The van der Waals surface area contributed by atoms with Crippen LogP contribution >= 0.6 is 11.6 Å². The maximum atomic E-state index is 15.1. The van der Waals surface area contributed by atoms with Crippen molar-refractivity contribution >= 4 is 34.1 Å². The number of hydrogen-bond donors (Lipinski definition) is 0. The smallest absolute Gasteiger partial charge is 0.257 e. The average Bonchev–Trinajstić information content (AvgIpc) is 2.79. The Morgan fingerprint density at radius 1 is 1.07 bits per heavy atom. The number of para-hydroxylation sites is 1. The van der Waals surface area contributed by atoms with Crippen molar-refractivity contribution in [2.45, 2.75) is 0 Å². The number of methoxy groups -OCH3 is 2. The summed E-state index contributed by atoms with van der Waals surface area (Å²) in [5, 5.41) is 1.05. The summed E-state index contributed by atoms with van der Waals surface area (Å²) in [5.74, 6) is 0.379. The van der Waals surface area contributed by atoms with Gasteiger partial charge in [-0.25, -0.2) is 4.39 Å². The Bertz CT molecular complexity index is 1100. The fourth-order valence-corrected chi connectivity index (χ4v) is 3.97. The molecule has 3 aromatic rings. The molecule has 0 bridgehead atoms. The zero-order valence-corrected chi connectivity index (χ0v) is 17.4. The van der Waals surface area contributed by atoms with Crippen molar-refractivity contribution in [3.8, 4) is 11.5 Å². The van der Waals surface area contributed by atoms with E-state index < -0.39 is 5.82 Å². The first-order chi connectivity index (χ1) is 14.5. The predicted molar refractivity (Wildman–Crippen MR) is 114 cm³/mol. The van der Waals surface area contributed by atoms with Crippen molar-refractivity contribution in [3.63, 3.8) is 0 Å². The van der Waals surface area contributed by atoms with E-state index in [0.717, 1.165) is 0 Å². The van der Waals surface area contributed by atoms with Crippen LogP contribution in [0.4, 0.5) is 10.1 Å². The van der Waals surface area contributed by atoms with Crippen LogP contribution in [0.1, 0.15) is 10.4 Å². The maximum absolute atomic E-state index is 15.1. The molecule has 0 spiro atoms. The van der Waals surface area contributed by atoms with Gasteiger partial charge in [0.15, 0.2) is 17.3 Å². The Balaban J connectivity index is 1.53. The normalized spacial score (nSPS) is 14.1. The Kier molecular flexibility index (Phi) is 5.63. The Morgan fingerprint density at radius 2 is 1.83 bits per heavy atom. The van der Waals surface area contributed by atoms with Crippen molar-refractivity contribution in [3.05, 3.63) is 59.0 Å². The zero-order valence-electron chi connectivity index (χ0n) is 16.7. The first-order valence-electron chi connectivity index (χ1n) is 9.53. The van der Waals surface area contributed by atoms with Gasteiger partial charge < -0.3 is 19.3 Å². The average molecular weight is 430 g/mol. The van der Waals surface area contributed by atoms with Crippen LogP contribution in [-0.4, -0.2) is 56.2 Å². The van der Waals surface area contributed by atoms with Crippen molar-refractivity contribution in [1.82, 2.24) is 9.88 Å². The molecule has 1 saturated heterocycles. The highest BCUT2D eigenvalue weighted by Crippen LogP contribution is 2.33. The number of carbonyl (C=O) groups excluding carboxylic acids is 1. The monoisotopic (exact) mass is 429 g/mol. The molecule has 2 heterocycles. The molecule has 1 aliphatic rings. The van der Waals surface area contributed by atoms with E-state index >= 15 is 4.39 Å². The number of benzene rings is 2. The van der Waals surface area contributed by atoms with Crippen LogP contribution in [0.3, 0.4) is 0 Å². The standard InChI is InChI=1S/C22H21ClFN3O3/c1-29-18-5-3-4-15(21(18)30-2)22(28)27-12-10-26(11-13-27)17-7-6-14-16(23)8-9-25-20(14)19(17)24/h3-9H,10-13H2,1-2H3. The lowest BCUT2D eigenvalue weighted by Crippen LogP contribution is -2.49. The number of ether oxygens (including phenoxy) is 2. The van der Waals surface area contributed by atoms with E-state index in [1.165, 1.54) is 20.4 Å². The van der Waals surface area contributed by atoms with E-state index in [9.17, 15) is 4.79 Å². The molecule has 0 unspecified atom stereocenters. The topological polar surface area (TPSA) is 54.9 Å². The number of piperazine rings is 1. The quantitative estimate of drug-likeness (QED) is 0.627. The minimum absolute atomic E-state index is 0.141. The molecule has 1 fully saturated rings. The summed E-state index contributed by atoms with van der Waals surface area (Å²) in [5.41, 5.74) is 1.16. The third-order valence-corrected chi connectivity index (χ3v) is 5.65. The fourth-order valence-electron chi connectivity index (χ4n) is 3.76. The molecule has 156 valence electrons. The van der Waals surface area contributed by atoms with Crippen molar-refractivity contribution in [2.75, 3.05) is 45.3 Å². The summed E-state index contributed by atoms with van der Waals surface area (Å²) in [6.45, 7) is 1.92. The third-order valence-electron chi connectivity index (χ3n) is 5.32. The van der Waals surface area contributed by atoms with Crippen LogP contribution < -0.4 is 14.4 Å². The minimum Gasteiger partial charge on any atom is -0.493 e. The SMILES string of the molecule is COc1cccc(C(=O)N2CCN(c3ccc4c(Cl)ccnc4c3F)CC2)c1OC. The summed E-state index contributed by atoms with van der Waals surface area (Å²) in [4.78, 5) is 20.8. The minimum atomic E-state index is -0.399. The number of nitrogens with zero attached hydrogens (tertiary/aromatic N) is 3. The third kappa shape index (κ3) is 3.50. The van der Waals surface area contributed by atoms with Gasteiger partial charge in [-0.1, -0.05) is 17.7 Å². The molecule has 2 aromatic carbocycles. The van der Waals surface area contributed by atoms with Crippen LogP contribution in [0.5, 0.6) is 11.5 Å². The number of aromatic nitrogens is 1. The highest BCUT2D eigenvalue weighted by molar-refractivity contribution is 6.35. The molecule has 6 nitrogen and oxygen atoms in total. The Hall–Kier alpha value is -3.06. The molecule has 30 heavy (non-hydrogen) atoms.